The number of carbonyl (C=O) groups is 1. The molecule has 1 saturated heterocycles. The maximum Gasteiger partial charge on any atom is 0.252 e. The SMILES string of the molecule is Cc1cc(C#N)nn1-c1nc(-n2cnc3cc(OCCN4CCOCC4)ccc32)ccc1C(N)=O. The van der Waals surface area contributed by atoms with Crippen LogP contribution in [0.15, 0.2) is 42.7 Å². The number of primary amides is 1. The summed E-state index contributed by atoms with van der Waals surface area (Å²) in [4.78, 5) is 23.5. The van der Waals surface area contributed by atoms with Crippen molar-refractivity contribution in [2.24, 2.45) is 5.73 Å². The molecule has 4 heterocycles. The number of morpholine rings is 1. The van der Waals surface area contributed by atoms with Crippen molar-refractivity contribution >= 4 is 16.9 Å². The summed E-state index contributed by atoms with van der Waals surface area (Å²) in [5.41, 5.74) is 8.23. The summed E-state index contributed by atoms with van der Waals surface area (Å²) in [6.45, 7) is 6.57. The van der Waals surface area contributed by atoms with E-state index >= 15 is 0 Å². The number of aryl methyl sites for hydroxylation is 1. The lowest BCUT2D eigenvalue weighted by Gasteiger charge is -2.26. The van der Waals surface area contributed by atoms with E-state index in [1.807, 2.05) is 28.8 Å². The van der Waals surface area contributed by atoms with Gasteiger partial charge in [-0.05, 0) is 37.3 Å². The van der Waals surface area contributed by atoms with Gasteiger partial charge in [0.25, 0.3) is 5.91 Å². The van der Waals surface area contributed by atoms with Crippen molar-refractivity contribution in [3.05, 3.63) is 59.7 Å². The Hall–Kier alpha value is -4.27. The minimum absolute atomic E-state index is 0.199. The molecule has 11 nitrogen and oxygen atoms in total. The van der Waals surface area contributed by atoms with E-state index in [-0.39, 0.29) is 17.1 Å². The fourth-order valence-electron chi connectivity index (χ4n) is 4.05. The number of ether oxygens (including phenoxy) is 2. The normalized spacial score (nSPS) is 14.2. The molecule has 0 radical (unpaired) electrons. The minimum Gasteiger partial charge on any atom is -0.492 e. The Morgan fingerprint density at radius 2 is 2.06 bits per heavy atom. The lowest BCUT2D eigenvalue weighted by Crippen LogP contribution is -2.38. The van der Waals surface area contributed by atoms with Gasteiger partial charge in [0, 0.05) is 31.4 Å². The molecular formula is C24H24N8O3. The van der Waals surface area contributed by atoms with Gasteiger partial charge in [0.1, 0.15) is 30.6 Å². The maximum atomic E-state index is 12.1. The van der Waals surface area contributed by atoms with Crippen LogP contribution in [0.25, 0.3) is 22.7 Å². The predicted octanol–water partition coefficient (Wildman–Crippen LogP) is 1.60. The standard InChI is InChI=1S/C24H24N8O3/c1-16-12-17(14-25)29-32(16)24-19(23(26)33)3-5-22(28-24)31-15-27-20-13-18(2-4-21(20)31)35-11-8-30-6-9-34-10-7-30/h2-5,12-13,15H,6-11H2,1H3,(H2,26,33). The second-order valence-corrected chi connectivity index (χ2v) is 8.17. The molecule has 1 amide bonds. The molecule has 3 aromatic heterocycles. The van der Waals surface area contributed by atoms with Gasteiger partial charge in [-0.25, -0.2) is 14.6 Å². The molecule has 2 N–H and O–H groups in total. The van der Waals surface area contributed by atoms with E-state index in [4.69, 9.17) is 15.2 Å². The van der Waals surface area contributed by atoms with Gasteiger partial charge in [-0.15, -0.1) is 0 Å². The Labute approximate surface area is 201 Å². The fourth-order valence-corrected chi connectivity index (χ4v) is 4.05. The number of rotatable bonds is 7. The van der Waals surface area contributed by atoms with Crippen molar-refractivity contribution in [1.82, 2.24) is 29.2 Å². The van der Waals surface area contributed by atoms with Gasteiger partial charge in [0.05, 0.1) is 29.8 Å². The molecule has 0 saturated carbocycles. The number of nitriles is 1. The van der Waals surface area contributed by atoms with Crippen LogP contribution in [0.4, 0.5) is 0 Å². The first-order valence-corrected chi connectivity index (χ1v) is 11.2. The van der Waals surface area contributed by atoms with E-state index in [9.17, 15) is 10.1 Å². The quantitative estimate of drug-likeness (QED) is 0.428. The maximum absolute atomic E-state index is 12.1. The van der Waals surface area contributed by atoms with E-state index in [0.717, 1.165) is 49.6 Å². The molecule has 0 atom stereocenters. The van der Waals surface area contributed by atoms with E-state index in [0.29, 0.717) is 18.1 Å². The van der Waals surface area contributed by atoms with Gasteiger partial charge in [0.2, 0.25) is 0 Å². The lowest BCUT2D eigenvalue weighted by molar-refractivity contribution is 0.0322. The number of aromatic nitrogens is 5. The molecule has 1 aliphatic rings. The third kappa shape index (κ3) is 4.57. The number of amides is 1. The Balaban J connectivity index is 1.42. The van der Waals surface area contributed by atoms with Crippen LogP contribution in [0.2, 0.25) is 0 Å². The molecule has 5 rings (SSSR count). The van der Waals surface area contributed by atoms with Crippen LogP contribution in [0.1, 0.15) is 21.7 Å². The van der Waals surface area contributed by atoms with Gasteiger partial charge >= 0.3 is 0 Å². The number of carbonyl (C=O) groups excluding carboxylic acids is 1. The first-order chi connectivity index (χ1) is 17.0. The number of hydrogen-bond acceptors (Lipinski definition) is 8. The zero-order valence-electron chi connectivity index (χ0n) is 19.2. The summed E-state index contributed by atoms with van der Waals surface area (Å²) >= 11 is 0. The number of benzene rings is 1. The highest BCUT2D eigenvalue weighted by Crippen LogP contribution is 2.24. The van der Waals surface area contributed by atoms with Gasteiger partial charge in [-0.1, -0.05) is 0 Å². The largest absolute Gasteiger partial charge is 0.492 e. The summed E-state index contributed by atoms with van der Waals surface area (Å²) < 4.78 is 14.6. The minimum atomic E-state index is -0.637. The molecular weight excluding hydrogens is 448 g/mol. The predicted molar refractivity (Wildman–Crippen MR) is 127 cm³/mol. The molecule has 0 bridgehead atoms. The molecule has 0 spiro atoms. The van der Waals surface area contributed by atoms with Crippen LogP contribution < -0.4 is 10.5 Å². The first kappa shape index (κ1) is 22.5. The smallest absolute Gasteiger partial charge is 0.252 e. The molecule has 1 aromatic carbocycles. The molecule has 1 aliphatic heterocycles. The van der Waals surface area contributed by atoms with Crippen molar-refractivity contribution in [2.75, 3.05) is 39.5 Å². The third-order valence-corrected chi connectivity index (χ3v) is 5.87. The van der Waals surface area contributed by atoms with E-state index in [1.165, 1.54) is 4.68 Å². The van der Waals surface area contributed by atoms with E-state index in [1.54, 1.807) is 31.5 Å². The summed E-state index contributed by atoms with van der Waals surface area (Å²) in [6, 6.07) is 12.6. The average Bonchev–Trinajstić information content (AvgIpc) is 3.47. The van der Waals surface area contributed by atoms with Crippen LogP contribution in [0.3, 0.4) is 0 Å². The van der Waals surface area contributed by atoms with Gasteiger partial charge < -0.3 is 15.2 Å². The van der Waals surface area contributed by atoms with Gasteiger partial charge in [-0.3, -0.25) is 14.3 Å². The molecule has 4 aromatic rings. The van der Waals surface area contributed by atoms with Crippen molar-refractivity contribution < 1.29 is 14.3 Å². The van der Waals surface area contributed by atoms with Crippen molar-refractivity contribution in [1.29, 1.82) is 5.26 Å². The topological polar surface area (TPSA) is 137 Å². The second kappa shape index (κ2) is 9.54. The molecule has 0 unspecified atom stereocenters. The highest BCUT2D eigenvalue weighted by molar-refractivity contribution is 5.96. The van der Waals surface area contributed by atoms with Gasteiger partial charge in [0.15, 0.2) is 11.5 Å². The highest BCUT2D eigenvalue weighted by atomic mass is 16.5. The first-order valence-electron chi connectivity index (χ1n) is 11.2. The second-order valence-electron chi connectivity index (χ2n) is 8.17. The number of nitrogens with zero attached hydrogens (tertiary/aromatic N) is 7. The fraction of sp³-hybridized carbons (Fsp3) is 0.292. The number of nitrogens with two attached hydrogens (primary N) is 1. The van der Waals surface area contributed by atoms with Crippen LogP contribution >= 0.6 is 0 Å². The van der Waals surface area contributed by atoms with Crippen LogP contribution in [0, 0.1) is 18.3 Å². The highest BCUT2D eigenvalue weighted by Gasteiger charge is 2.18. The van der Waals surface area contributed by atoms with Crippen LogP contribution in [-0.2, 0) is 4.74 Å². The van der Waals surface area contributed by atoms with Crippen molar-refractivity contribution in [3.63, 3.8) is 0 Å². The van der Waals surface area contributed by atoms with Crippen molar-refractivity contribution in [3.8, 4) is 23.5 Å². The molecule has 11 heteroatoms. The molecule has 0 aliphatic carbocycles. The summed E-state index contributed by atoms with van der Waals surface area (Å²) in [5.74, 6) is 0.882. The lowest BCUT2D eigenvalue weighted by atomic mass is 10.2. The molecule has 1 fully saturated rings. The molecule has 35 heavy (non-hydrogen) atoms. The van der Waals surface area contributed by atoms with E-state index < -0.39 is 5.91 Å². The van der Waals surface area contributed by atoms with Crippen LogP contribution in [-0.4, -0.2) is 74.6 Å². The van der Waals surface area contributed by atoms with E-state index in [2.05, 4.69) is 20.0 Å². The van der Waals surface area contributed by atoms with Crippen LogP contribution in [0.5, 0.6) is 5.75 Å². The summed E-state index contributed by atoms with van der Waals surface area (Å²) in [7, 11) is 0. The number of pyridine rings is 1. The number of hydrogen-bond donors (Lipinski definition) is 1. The molecule has 178 valence electrons. The zero-order valence-corrected chi connectivity index (χ0v) is 19.2. The Morgan fingerprint density at radius 3 is 2.80 bits per heavy atom. The Bertz CT molecular complexity index is 1430. The Morgan fingerprint density at radius 1 is 1.23 bits per heavy atom. The average molecular weight is 473 g/mol. The zero-order chi connectivity index (χ0) is 24.4. The number of fused-ring (bicyclic) bond motifs is 1. The summed E-state index contributed by atoms with van der Waals surface area (Å²) in [5, 5.41) is 13.4. The summed E-state index contributed by atoms with van der Waals surface area (Å²) in [6.07, 6.45) is 1.66. The van der Waals surface area contributed by atoms with Crippen molar-refractivity contribution in [2.45, 2.75) is 6.92 Å². The monoisotopic (exact) mass is 472 g/mol. The number of imidazole rings is 1. The third-order valence-electron chi connectivity index (χ3n) is 5.87. The Kier molecular flexibility index (Phi) is 6.13. The van der Waals surface area contributed by atoms with Gasteiger partial charge in [-0.2, -0.15) is 10.4 Å².